The van der Waals surface area contributed by atoms with Crippen molar-refractivity contribution in [2.24, 2.45) is 7.05 Å². The van der Waals surface area contributed by atoms with Crippen LogP contribution in [0.25, 0.3) is 0 Å². The summed E-state index contributed by atoms with van der Waals surface area (Å²) in [5.41, 5.74) is 0. The van der Waals surface area contributed by atoms with Crippen LogP contribution in [0.1, 0.15) is 5.82 Å². The van der Waals surface area contributed by atoms with Crippen molar-refractivity contribution in [2.45, 2.75) is 5.88 Å². The molecule has 0 aliphatic heterocycles. The molecule has 0 spiro atoms. The smallest absolute Gasteiger partial charge is 0.124 e. The van der Waals surface area contributed by atoms with Gasteiger partial charge in [-0.2, -0.15) is 0 Å². The van der Waals surface area contributed by atoms with Gasteiger partial charge in [0.15, 0.2) is 0 Å². The number of hydrogen-bond acceptors (Lipinski definition) is 1. The second-order valence-corrected chi connectivity index (χ2v) is 2.80. The first-order chi connectivity index (χ1) is 4.24. The monoisotopic (exact) mass is 244 g/mol. The van der Waals surface area contributed by atoms with Crippen molar-refractivity contribution in [3.8, 4) is 0 Å². The van der Waals surface area contributed by atoms with E-state index in [-0.39, 0.29) is 12.4 Å². The van der Waals surface area contributed by atoms with Crippen molar-refractivity contribution in [3.05, 3.63) is 16.6 Å². The van der Waals surface area contributed by atoms with Gasteiger partial charge in [0.25, 0.3) is 0 Å². The Morgan fingerprint density at radius 2 is 2.40 bits per heavy atom. The van der Waals surface area contributed by atoms with E-state index in [0.717, 1.165) is 10.4 Å². The first kappa shape index (κ1) is 10.3. The topological polar surface area (TPSA) is 17.8 Å². The van der Waals surface area contributed by atoms with Gasteiger partial charge in [-0.1, -0.05) is 0 Å². The number of rotatable bonds is 1. The minimum Gasteiger partial charge on any atom is -0.336 e. The Hall–Kier alpha value is 0.270. The van der Waals surface area contributed by atoms with Crippen LogP contribution in [0, 0.1) is 0 Å². The zero-order chi connectivity index (χ0) is 6.85. The van der Waals surface area contributed by atoms with Crippen LogP contribution in [0.3, 0.4) is 0 Å². The van der Waals surface area contributed by atoms with Crippen molar-refractivity contribution >= 4 is 39.9 Å². The van der Waals surface area contributed by atoms with Crippen LogP contribution < -0.4 is 0 Å². The highest BCUT2D eigenvalue weighted by Gasteiger charge is 1.98. The first-order valence-corrected chi connectivity index (χ1v) is 3.80. The van der Waals surface area contributed by atoms with Crippen molar-refractivity contribution in [1.29, 1.82) is 0 Å². The van der Waals surface area contributed by atoms with Gasteiger partial charge in [0, 0.05) is 13.2 Å². The molecule has 0 bridgehead atoms. The van der Waals surface area contributed by atoms with Crippen LogP contribution in [0.5, 0.6) is 0 Å². The molecule has 0 atom stereocenters. The second kappa shape index (κ2) is 4.21. The third-order valence-corrected chi connectivity index (χ3v) is 1.68. The molecule has 0 aliphatic carbocycles. The highest BCUT2D eigenvalue weighted by atomic mass is 79.9. The molecule has 0 fully saturated rings. The zero-order valence-corrected chi connectivity index (χ0v) is 8.50. The van der Waals surface area contributed by atoms with Gasteiger partial charge in [0.2, 0.25) is 0 Å². The van der Waals surface area contributed by atoms with E-state index in [0.29, 0.717) is 5.88 Å². The lowest BCUT2D eigenvalue weighted by molar-refractivity contribution is 0.847. The maximum atomic E-state index is 5.54. The average molecular weight is 246 g/mol. The van der Waals surface area contributed by atoms with E-state index in [2.05, 4.69) is 20.9 Å². The standard InChI is InChI=1S/C5H6BrClN2.ClH/c1-9-3-4(6)8-5(9)2-7;/h3H,2H2,1H3;1H. The molecule has 0 radical (unpaired) electrons. The molecule has 1 aromatic heterocycles. The average Bonchev–Trinajstić information content (AvgIpc) is 2.10. The Balaban J connectivity index is 0.000000810. The molecule has 1 rings (SSSR count). The number of halogens is 3. The molecule has 2 nitrogen and oxygen atoms in total. The van der Waals surface area contributed by atoms with Crippen molar-refractivity contribution in [2.75, 3.05) is 0 Å². The zero-order valence-electron chi connectivity index (χ0n) is 5.34. The second-order valence-electron chi connectivity index (χ2n) is 1.72. The summed E-state index contributed by atoms with van der Waals surface area (Å²) in [5, 5.41) is 0. The molecular weight excluding hydrogens is 239 g/mol. The van der Waals surface area contributed by atoms with Gasteiger partial charge < -0.3 is 4.57 Å². The van der Waals surface area contributed by atoms with Gasteiger partial charge in [-0.05, 0) is 15.9 Å². The molecule has 0 N–H and O–H groups in total. The maximum absolute atomic E-state index is 5.54. The summed E-state index contributed by atoms with van der Waals surface area (Å²) in [5.74, 6) is 1.34. The lowest BCUT2D eigenvalue weighted by Gasteiger charge is -1.91. The Labute approximate surface area is 79.1 Å². The van der Waals surface area contributed by atoms with E-state index in [4.69, 9.17) is 11.6 Å². The minimum atomic E-state index is 0. The molecule has 0 saturated carbocycles. The lowest BCUT2D eigenvalue weighted by Crippen LogP contribution is -1.91. The Morgan fingerprint density at radius 1 is 1.80 bits per heavy atom. The Morgan fingerprint density at radius 3 is 2.60 bits per heavy atom. The quantitative estimate of drug-likeness (QED) is 0.695. The van der Waals surface area contributed by atoms with Gasteiger partial charge >= 0.3 is 0 Å². The number of aryl methyl sites for hydroxylation is 1. The first-order valence-electron chi connectivity index (χ1n) is 2.47. The van der Waals surface area contributed by atoms with E-state index in [1.165, 1.54) is 0 Å². The molecule has 1 heterocycles. The largest absolute Gasteiger partial charge is 0.336 e. The fourth-order valence-corrected chi connectivity index (χ4v) is 1.35. The fraction of sp³-hybridized carbons (Fsp3) is 0.400. The van der Waals surface area contributed by atoms with Crippen molar-refractivity contribution < 1.29 is 0 Å². The van der Waals surface area contributed by atoms with Gasteiger partial charge in [0.1, 0.15) is 10.4 Å². The highest BCUT2D eigenvalue weighted by Crippen LogP contribution is 2.09. The van der Waals surface area contributed by atoms with Gasteiger partial charge in [-0.15, -0.1) is 24.0 Å². The summed E-state index contributed by atoms with van der Waals surface area (Å²) < 4.78 is 2.72. The van der Waals surface area contributed by atoms with Crippen LogP contribution in [-0.4, -0.2) is 9.55 Å². The maximum Gasteiger partial charge on any atom is 0.124 e. The molecular formula is C5H7BrCl2N2. The predicted molar refractivity (Wildman–Crippen MR) is 47.7 cm³/mol. The molecule has 0 amide bonds. The Kier molecular flexibility index (Phi) is 4.32. The van der Waals surface area contributed by atoms with Crippen molar-refractivity contribution in [1.82, 2.24) is 9.55 Å². The van der Waals surface area contributed by atoms with Gasteiger partial charge in [-0.3, -0.25) is 0 Å². The summed E-state index contributed by atoms with van der Waals surface area (Å²) in [6.45, 7) is 0. The molecule has 0 aliphatic rings. The van der Waals surface area contributed by atoms with Gasteiger partial charge in [0.05, 0.1) is 5.88 Å². The number of imidazole rings is 1. The van der Waals surface area contributed by atoms with E-state index in [1.54, 1.807) is 0 Å². The normalized spacial score (nSPS) is 9.10. The third kappa shape index (κ3) is 2.15. The molecule has 0 aromatic carbocycles. The molecule has 5 heteroatoms. The van der Waals surface area contributed by atoms with Crippen molar-refractivity contribution in [3.63, 3.8) is 0 Å². The Bertz CT molecular complexity index is 211. The van der Waals surface area contributed by atoms with E-state index < -0.39 is 0 Å². The van der Waals surface area contributed by atoms with Gasteiger partial charge in [-0.25, -0.2) is 4.98 Å². The van der Waals surface area contributed by atoms with Crippen LogP contribution in [0.4, 0.5) is 0 Å². The SMILES string of the molecule is Cl.Cn1cc(Br)nc1CCl. The molecule has 58 valence electrons. The minimum absolute atomic E-state index is 0. The van der Waals surface area contributed by atoms with Crippen LogP contribution in [0.2, 0.25) is 0 Å². The number of aromatic nitrogens is 2. The van der Waals surface area contributed by atoms with Crippen LogP contribution in [-0.2, 0) is 12.9 Å². The van der Waals surface area contributed by atoms with E-state index in [9.17, 15) is 0 Å². The highest BCUT2D eigenvalue weighted by molar-refractivity contribution is 9.10. The van der Waals surface area contributed by atoms with Crippen LogP contribution >= 0.6 is 39.9 Å². The summed E-state index contributed by atoms with van der Waals surface area (Å²) in [7, 11) is 1.91. The van der Waals surface area contributed by atoms with E-state index in [1.807, 2.05) is 17.8 Å². The summed E-state index contributed by atoms with van der Waals surface area (Å²) in [4.78, 5) is 4.08. The predicted octanol–water partition coefficient (Wildman–Crippen LogP) is 2.34. The number of alkyl halides is 1. The summed E-state index contributed by atoms with van der Waals surface area (Å²) in [6, 6.07) is 0. The lowest BCUT2D eigenvalue weighted by atomic mass is 10.7. The summed E-state index contributed by atoms with van der Waals surface area (Å²) in [6.07, 6.45) is 1.87. The number of hydrogen-bond donors (Lipinski definition) is 0. The molecule has 1 aromatic rings. The molecule has 0 unspecified atom stereocenters. The number of nitrogens with zero attached hydrogens (tertiary/aromatic N) is 2. The summed E-state index contributed by atoms with van der Waals surface area (Å²) >= 11 is 8.77. The molecule has 10 heavy (non-hydrogen) atoms. The molecule has 0 saturated heterocycles. The van der Waals surface area contributed by atoms with E-state index >= 15 is 0 Å². The van der Waals surface area contributed by atoms with Crippen LogP contribution in [0.15, 0.2) is 10.8 Å². The fourth-order valence-electron chi connectivity index (χ4n) is 0.589. The third-order valence-electron chi connectivity index (χ3n) is 1.06.